The van der Waals surface area contributed by atoms with Gasteiger partial charge >= 0.3 is 0 Å². The quantitative estimate of drug-likeness (QED) is 0.868. The first-order chi connectivity index (χ1) is 8.20. The fraction of sp³-hybridized carbons (Fsp3) is 0.143. The molecule has 17 heavy (non-hydrogen) atoms. The molecule has 0 amide bonds. The van der Waals surface area contributed by atoms with Gasteiger partial charge in [0, 0.05) is 3.57 Å². The normalized spacial score (nSPS) is 12.2. The first-order valence-corrected chi connectivity index (χ1v) is 6.36. The molecule has 0 heterocycles. The summed E-state index contributed by atoms with van der Waals surface area (Å²) >= 11 is 2.24. The molecule has 0 radical (unpaired) electrons. The van der Waals surface area contributed by atoms with E-state index in [1.165, 1.54) is 0 Å². The Labute approximate surface area is 114 Å². The number of methoxy groups -OCH3 is 1. The lowest BCUT2D eigenvalue weighted by atomic mass is 10.0. The highest BCUT2D eigenvalue weighted by molar-refractivity contribution is 14.1. The number of ether oxygens (including phenoxy) is 1. The summed E-state index contributed by atoms with van der Waals surface area (Å²) in [6.07, 6.45) is -0.609. The van der Waals surface area contributed by atoms with E-state index in [0.717, 1.165) is 20.4 Å². The lowest BCUT2D eigenvalue weighted by Gasteiger charge is -2.12. The molecule has 0 aliphatic heterocycles. The third-order valence-corrected chi connectivity index (χ3v) is 3.31. The molecule has 0 saturated carbocycles. The number of hydrogen-bond acceptors (Lipinski definition) is 2. The molecule has 0 aliphatic carbocycles. The second kappa shape index (κ2) is 5.51. The van der Waals surface area contributed by atoms with Crippen LogP contribution in [0.15, 0.2) is 48.5 Å². The van der Waals surface area contributed by atoms with Crippen molar-refractivity contribution < 1.29 is 9.84 Å². The molecule has 3 heteroatoms. The number of rotatable bonds is 3. The summed E-state index contributed by atoms with van der Waals surface area (Å²) in [7, 11) is 1.62. The van der Waals surface area contributed by atoms with E-state index in [-0.39, 0.29) is 0 Å². The lowest BCUT2D eigenvalue weighted by molar-refractivity contribution is 0.220. The van der Waals surface area contributed by atoms with Gasteiger partial charge in [0.05, 0.1) is 7.11 Å². The Bertz CT molecular complexity index is 494. The van der Waals surface area contributed by atoms with Crippen LogP contribution in [0.5, 0.6) is 5.75 Å². The maximum atomic E-state index is 10.2. The van der Waals surface area contributed by atoms with Crippen LogP contribution in [0.2, 0.25) is 0 Å². The van der Waals surface area contributed by atoms with Crippen molar-refractivity contribution in [2.75, 3.05) is 7.11 Å². The standard InChI is InChI=1S/C14H13IO2/c1-17-13-4-2-3-11(9-13)14(16)10-5-7-12(15)8-6-10/h2-9,14,16H,1H3. The topological polar surface area (TPSA) is 29.5 Å². The summed E-state index contributed by atoms with van der Waals surface area (Å²) in [4.78, 5) is 0. The zero-order valence-electron chi connectivity index (χ0n) is 9.43. The number of aliphatic hydroxyl groups is 1. The minimum atomic E-state index is -0.609. The van der Waals surface area contributed by atoms with Crippen LogP contribution in [0.1, 0.15) is 17.2 Å². The third kappa shape index (κ3) is 2.98. The molecule has 2 nitrogen and oxygen atoms in total. The van der Waals surface area contributed by atoms with E-state index >= 15 is 0 Å². The van der Waals surface area contributed by atoms with Crippen LogP contribution in [0, 0.1) is 3.57 Å². The molecule has 0 fully saturated rings. The molecule has 0 bridgehead atoms. The molecule has 1 unspecified atom stereocenters. The van der Waals surface area contributed by atoms with E-state index in [2.05, 4.69) is 22.6 Å². The number of hydrogen-bond donors (Lipinski definition) is 1. The fourth-order valence-corrected chi connectivity index (χ4v) is 2.01. The van der Waals surface area contributed by atoms with Gasteiger partial charge in [-0.05, 0) is 58.0 Å². The maximum Gasteiger partial charge on any atom is 0.119 e. The molecule has 88 valence electrons. The average Bonchev–Trinajstić information content (AvgIpc) is 2.39. The van der Waals surface area contributed by atoms with Gasteiger partial charge in [-0.15, -0.1) is 0 Å². The van der Waals surface area contributed by atoms with E-state index in [1.54, 1.807) is 7.11 Å². The predicted molar refractivity (Wildman–Crippen MR) is 76.2 cm³/mol. The van der Waals surface area contributed by atoms with Crippen LogP contribution in [0.4, 0.5) is 0 Å². The van der Waals surface area contributed by atoms with Crippen molar-refractivity contribution in [2.24, 2.45) is 0 Å². The third-order valence-electron chi connectivity index (χ3n) is 2.60. The highest BCUT2D eigenvalue weighted by Crippen LogP contribution is 2.25. The Morgan fingerprint density at radius 1 is 1.06 bits per heavy atom. The Balaban J connectivity index is 2.29. The van der Waals surface area contributed by atoms with Crippen LogP contribution in [-0.4, -0.2) is 12.2 Å². The van der Waals surface area contributed by atoms with Crippen molar-refractivity contribution >= 4 is 22.6 Å². The van der Waals surface area contributed by atoms with E-state index < -0.39 is 6.10 Å². The summed E-state index contributed by atoms with van der Waals surface area (Å²) in [5.74, 6) is 0.757. The summed E-state index contributed by atoms with van der Waals surface area (Å²) in [6.45, 7) is 0. The number of aliphatic hydroxyl groups excluding tert-OH is 1. The van der Waals surface area contributed by atoms with Crippen molar-refractivity contribution in [3.8, 4) is 5.75 Å². The van der Waals surface area contributed by atoms with Crippen LogP contribution < -0.4 is 4.74 Å². The lowest BCUT2D eigenvalue weighted by Crippen LogP contribution is -1.99. The van der Waals surface area contributed by atoms with Gasteiger partial charge in [0.1, 0.15) is 11.9 Å². The predicted octanol–water partition coefficient (Wildman–Crippen LogP) is 3.38. The van der Waals surface area contributed by atoms with Crippen molar-refractivity contribution in [3.63, 3.8) is 0 Å². The van der Waals surface area contributed by atoms with Crippen LogP contribution >= 0.6 is 22.6 Å². The molecule has 0 aromatic heterocycles. The van der Waals surface area contributed by atoms with Gasteiger partial charge in [-0.2, -0.15) is 0 Å². The SMILES string of the molecule is COc1cccc(C(O)c2ccc(I)cc2)c1. The highest BCUT2D eigenvalue weighted by Gasteiger charge is 2.10. The van der Waals surface area contributed by atoms with E-state index in [4.69, 9.17) is 4.74 Å². The van der Waals surface area contributed by atoms with Crippen LogP contribution in [0.25, 0.3) is 0 Å². The van der Waals surface area contributed by atoms with Crippen molar-refractivity contribution in [2.45, 2.75) is 6.10 Å². The van der Waals surface area contributed by atoms with Gasteiger partial charge in [0.2, 0.25) is 0 Å². The molecule has 1 atom stereocenters. The zero-order chi connectivity index (χ0) is 12.3. The summed E-state index contributed by atoms with van der Waals surface area (Å²) in [5.41, 5.74) is 1.73. The molecule has 0 saturated heterocycles. The first kappa shape index (κ1) is 12.4. The average molecular weight is 340 g/mol. The second-order valence-electron chi connectivity index (χ2n) is 3.73. The van der Waals surface area contributed by atoms with E-state index in [0.29, 0.717) is 0 Å². The fourth-order valence-electron chi connectivity index (χ4n) is 1.65. The highest BCUT2D eigenvalue weighted by atomic mass is 127. The summed E-state index contributed by atoms with van der Waals surface area (Å²) < 4.78 is 6.30. The number of benzene rings is 2. The molecule has 2 rings (SSSR count). The largest absolute Gasteiger partial charge is 0.497 e. The van der Waals surface area contributed by atoms with Gasteiger partial charge in [-0.25, -0.2) is 0 Å². The molecular formula is C14H13IO2. The van der Waals surface area contributed by atoms with Gasteiger partial charge in [0.25, 0.3) is 0 Å². The molecule has 0 spiro atoms. The van der Waals surface area contributed by atoms with Gasteiger partial charge in [0.15, 0.2) is 0 Å². The smallest absolute Gasteiger partial charge is 0.119 e. The molecular weight excluding hydrogens is 327 g/mol. The van der Waals surface area contributed by atoms with Crippen molar-refractivity contribution in [3.05, 3.63) is 63.2 Å². The van der Waals surface area contributed by atoms with Crippen LogP contribution in [0.3, 0.4) is 0 Å². The van der Waals surface area contributed by atoms with Crippen molar-refractivity contribution in [1.82, 2.24) is 0 Å². The Kier molecular flexibility index (Phi) is 4.02. The van der Waals surface area contributed by atoms with Gasteiger partial charge in [-0.3, -0.25) is 0 Å². The molecule has 1 N–H and O–H groups in total. The molecule has 2 aromatic carbocycles. The van der Waals surface area contributed by atoms with E-state index in [9.17, 15) is 5.11 Å². The molecule has 0 aliphatic rings. The Morgan fingerprint density at radius 2 is 1.76 bits per heavy atom. The Hall–Kier alpha value is -1.07. The van der Waals surface area contributed by atoms with E-state index in [1.807, 2.05) is 48.5 Å². The van der Waals surface area contributed by atoms with Crippen LogP contribution in [-0.2, 0) is 0 Å². The minimum absolute atomic E-state index is 0.609. The minimum Gasteiger partial charge on any atom is -0.497 e. The monoisotopic (exact) mass is 340 g/mol. The summed E-state index contributed by atoms with van der Waals surface area (Å²) in [6, 6.07) is 15.3. The summed E-state index contributed by atoms with van der Waals surface area (Å²) in [5, 5.41) is 10.2. The molecule has 2 aromatic rings. The number of halogens is 1. The Morgan fingerprint density at radius 3 is 2.41 bits per heavy atom. The van der Waals surface area contributed by atoms with Gasteiger partial charge in [-0.1, -0.05) is 24.3 Å². The van der Waals surface area contributed by atoms with Crippen molar-refractivity contribution in [1.29, 1.82) is 0 Å². The van der Waals surface area contributed by atoms with Gasteiger partial charge < -0.3 is 9.84 Å². The zero-order valence-corrected chi connectivity index (χ0v) is 11.6. The maximum absolute atomic E-state index is 10.2. The second-order valence-corrected chi connectivity index (χ2v) is 4.98. The first-order valence-electron chi connectivity index (χ1n) is 5.28.